The number of aromatic hydroxyl groups is 1. The Labute approximate surface area is 172 Å². The Bertz CT molecular complexity index is 868. The number of ether oxygens (including phenoxy) is 1. The van der Waals surface area contributed by atoms with Gasteiger partial charge in [0, 0.05) is 46.2 Å². The summed E-state index contributed by atoms with van der Waals surface area (Å²) in [7, 11) is 5.30. The summed E-state index contributed by atoms with van der Waals surface area (Å²) in [6, 6.07) is 15.7. The largest absolute Gasteiger partial charge is 0.508 e. The summed E-state index contributed by atoms with van der Waals surface area (Å²) in [6.45, 7) is 3.49. The lowest BCUT2D eigenvalue weighted by atomic mass is 9.89. The number of carbonyl (C=O) groups excluding carboxylic acids is 1. The van der Waals surface area contributed by atoms with Crippen molar-refractivity contribution >= 4 is 6.03 Å². The van der Waals surface area contributed by atoms with Crippen molar-refractivity contribution in [3.05, 3.63) is 59.7 Å². The van der Waals surface area contributed by atoms with Gasteiger partial charge >= 0.3 is 6.03 Å². The van der Waals surface area contributed by atoms with Crippen molar-refractivity contribution in [2.24, 2.45) is 11.8 Å². The summed E-state index contributed by atoms with van der Waals surface area (Å²) in [5.41, 5.74) is 2.28. The van der Waals surface area contributed by atoms with Crippen LogP contribution in [0.25, 0.3) is 0 Å². The van der Waals surface area contributed by atoms with E-state index in [4.69, 9.17) is 4.74 Å². The Morgan fingerprint density at radius 2 is 1.90 bits per heavy atom. The van der Waals surface area contributed by atoms with Crippen LogP contribution in [-0.2, 0) is 6.54 Å². The zero-order chi connectivity index (χ0) is 20.5. The van der Waals surface area contributed by atoms with Gasteiger partial charge in [0.05, 0.1) is 13.2 Å². The van der Waals surface area contributed by atoms with Crippen molar-refractivity contribution in [1.29, 1.82) is 0 Å². The number of hydrogen-bond donors (Lipinski definition) is 1. The Morgan fingerprint density at radius 1 is 1.14 bits per heavy atom. The minimum atomic E-state index is 0.0648. The van der Waals surface area contributed by atoms with E-state index in [1.54, 1.807) is 18.1 Å². The highest BCUT2D eigenvalue weighted by atomic mass is 16.5. The summed E-state index contributed by atoms with van der Waals surface area (Å²) in [5.74, 6) is 1.97. The second-order valence-electron chi connectivity index (χ2n) is 8.34. The third-order valence-corrected chi connectivity index (χ3v) is 6.14. The molecule has 0 radical (unpaired) electrons. The molecule has 1 N–H and O–H groups in total. The Balaban J connectivity index is 1.56. The van der Waals surface area contributed by atoms with Crippen LogP contribution in [0.15, 0.2) is 48.5 Å². The van der Waals surface area contributed by atoms with Crippen LogP contribution in [0.5, 0.6) is 11.5 Å². The standard InChI is InChI=1S/C23H29N3O3/c1-24(2)23(28)26-14-18-13-25(12-16-5-4-6-19(27)11-16)15-21(18)22(26)17-7-9-20(29-3)10-8-17/h4-11,18,21-22,27H,12-15H2,1-3H3/t18-,21-,22+/m1/s1. The molecule has 6 heteroatoms. The van der Waals surface area contributed by atoms with Crippen molar-refractivity contribution in [1.82, 2.24) is 14.7 Å². The number of phenols is 1. The molecule has 0 saturated carbocycles. The first kappa shape index (κ1) is 19.6. The second-order valence-corrected chi connectivity index (χ2v) is 8.34. The van der Waals surface area contributed by atoms with Gasteiger partial charge < -0.3 is 19.6 Å². The molecule has 29 heavy (non-hydrogen) atoms. The van der Waals surface area contributed by atoms with E-state index in [-0.39, 0.29) is 12.1 Å². The van der Waals surface area contributed by atoms with Crippen LogP contribution in [0.2, 0.25) is 0 Å². The number of methoxy groups -OCH3 is 1. The zero-order valence-corrected chi connectivity index (χ0v) is 17.3. The van der Waals surface area contributed by atoms with Gasteiger partial charge in [0.15, 0.2) is 0 Å². The normalized spacial score (nSPS) is 23.8. The highest BCUT2D eigenvalue weighted by Crippen LogP contribution is 2.45. The molecule has 6 nitrogen and oxygen atoms in total. The highest BCUT2D eigenvalue weighted by Gasteiger charge is 2.49. The first-order valence-corrected chi connectivity index (χ1v) is 10.1. The Morgan fingerprint density at radius 3 is 2.55 bits per heavy atom. The van der Waals surface area contributed by atoms with E-state index in [1.807, 2.05) is 43.3 Å². The summed E-state index contributed by atoms with van der Waals surface area (Å²) in [4.78, 5) is 19.0. The molecular formula is C23H29N3O3. The van der Waals surface area contributed by atoms with Crippen molar-refractivity contribution in [3.63, 3.8) is 0 Å². The summed E-state index contributed by atoms with van der Waals surface area (Å²) in [6.07, 6.45) is 0. The highest BCUT2D eigenvalue weighted by molar-refractivity contribution is 5.75. The van der Waals surface area contributed by atoms with Gasteiger partial charge in [-0.1, -0.05) is 24.3 Å². The predicted molar refractivity (Wildman–Crippen MR) is 112 cm³/mol. The summed E-state index contributed by atoms with van der Waals surface area (Å²) >= 11 is 0. The van der Waals surface area contributed by atoms with Crippen LogP contribution in [0.3, 0.4) is 0 Å². The van der Waals surface area contributed by atoms with Crippen molar-refractivity contribution in [3.8, 4) is 11.5 Å². The molecule has 2 aliphatic rings. The molecule has 154 valence electrons. The van der Waals surface area contributed by atoms with Gasteiger partial charge in [0.1, 0.15) is 11.5 Å². The SMILES string of the molecule is COc1ccc([C@H]2[C@@H]3CN(Cc4cccc(O)c4)C[C@@H]3CN2C(=O)N(C)C)cc1. The predicted octanol–water partition coefficient (Wildman–Crippen LogP) is 3.19. The number of rotatable bonds is 4. The van der Waals surface area contributed by atoms with Gasteiger partial charge in [-0.15, -0.1) is 0 Å². The lowest BCUT2D eigenvalue weighted by molar-refractivity contribution is 0.151. The molecule has 2 amide bonds. The number of amides is 2. The zero-order valence-electron chi connectivity index (χ0n) is 17.3. The van der Waals surface area contributed by atoms with Crippen molar-refractivity contribution in [2.75, 3.05) is 40.8 Å². The fraction of sp³-hybridized carbons (Fsp3) is 0.435. The molecule has 4 rings (SSSR count). The monoisotopic (exact) mass is 395 g/mol. The molecular weight excluding hydrogens is 366 g/mol. The van der Waals surface area contributed by atoms with Gasteiger partial charge in [-0.25, -0.2) is 4.79 Å². The Kier molecular flexibility index (Phi) is 5.37. The smallest absolute Gasteiger partial charge is 0.320 e. The van der Waals surface area contributed by atoms with E-state index in [0.29, 0.717) is 17.6 Å². The van der Waals surface area contributed by atoms with Crippen LogP contribution in [0.4, 0.5) is 4.79 Å². The minimum Gasteiger partial charge on any atom is -0.508 e. The van der Waals surface area contributed by atoms with Crippen molar-refractivity contribution in [2.45, 2.75) is 12.6 Å². The number of phenolic OH excluding ortho intramolecular Hbond substituents is 1. The number of hydrogen-bond acceptors (Lipinski definition) is 4. The van der Waals surface area contributed by atoms with Gasteiger partial charge in [-0.2, -0.15) is 0 Å². The molecule has 0 unspecified atom stereocenters. The van der Waals surface area contributed by atoms with Crippen LogP contribution in [-0.4, -0.2) is 66.7 Å². The molecule has 0 spiro atoms. The topological polar surface area (TPSA) is 56.3 Å². The average molecular weight is 396 g/mol. The molecule has 2 aromatic rings. The number of carbonyl (C=O) groups is 1. The molecule has 2 fully saturated rings. The van der Waals surface area contributed by atoms with Crippen LogP contribution < -0.4 is 4.74 Å². The number of nitrogens with zero attached hydrogens (tertiary/aromatic N) is 3. The first-order chi connectivity index (χ1) is 14.0. The summed E-state index contributed by atoms with van der Waals surface area (Å²) in [5, 5.41) is 9.75. The van der Waals surface area contributed by atoms with E-state index in [2.05, 4.69) is 23.1 Å². The number of urea groups is 1. The van der Waals surface area contributed by atoms with Crippen LogP contribution >= 0.6 is 0 Å². The van der Waals surface area contributed by atoms with E-state index >= 15 is 0 Å². The van der Waals surface area contributed by atoms with Crippen LogP contribution in [0.1, 0.15) is 17.2 Å². The van der Waals surface area contributed by atoms with E-state index in [9.17, 15) is 9.90 Å². The lowest BCUT2D eigenvalue weighted by Gasteiger charge is -2.32. The van der Waals surface area contributed by atoms with Crippen molar-refractivity contribution < 1.29 is 14.6 Å². The van der Waals surface area contributed by atoms with Gasteiger partial charge in [0.2, 0.25) is 0 Å². The van der Waals surface area contributed by atoms with Gasteiger partial charge in [-0.05, 0) is 41.3 Å². The lowest BCUT2D eigenvalue weighted by Crippen LogP contribution is -2.41. The number of fused-ring (bicyclic) bond motifs is 1. The van der Waals surface area contributed by atoms with E-state index in [1.165, 1.54) is 0 Å². The molecule has 0 aromatic heterocycles. The first-order valence-electron chi connectivity index (χ1n) is 10.1. The molecule has 3 atom stereocenters. The second kappa shape index (κ2) is 7.95. The fourth-order valence-corrected chi connectivity index (χ4v) is 4.86. The van der Waals surface area contributed by atoms with Crippen LogP contribution in [0, 0.1) is 11.8 Å². The molecule has 2 heterocycles. The quantitative estimate of drug-likeness (QED) is 0.864. The maximum absolute atomic E-state index is 12.9. The third kappa shape index (κ3) is 3.90. The Hall–Kier alpha value is -2.73. The average Bonchev–Trinajstić information content (AvgIpc) is 3.24. The summed E-state index contributed by atoms with van der Waals surface area (Å²) < 4.78 is 5.31. The maximum atomic E-state index is 12.9. The number of likely N-dealkylation sites (tertiary alicyclic amines) is 2. The molecule has 0 aliphatic carbocycles. The number of benzene rings is 2. The van der Waals surface area contributed by atoms with E-state index < -0.39 is 0 Å². The fourth-order valence-electron chi connectivity index (χ4n) is 4.86. The molecule has 0 bridgehead atoms. The molecule has 2 aromatic carbocycles. The molecule has 2 aliphatic heterocycles. The van der Waals surface area contributed by atoms with E-state index in [0.717, 1.165) is 43.1 Å². The molecule has 2 saturated heterocycles. The minimum absolute atomic E-state index is 0.0648. The third-order valence-electron chi connectivity index (χ3n) is 6.14. The van der Waals surface area contributed by atoms with Gasteiger partial charge in [0.25, 0.3) is 0 Å². The van der Waals surface area contributed by atoms with Gasteiger partial charge in [-0.3, -0.25) is 4.90 Å². The maximum Gasteiger partial charge on any atom is 0.320 e.